The molecule has 0 aromatic rings. The Hall–Kier alpha value is 1.37. The molecule has 0 N–H and O–H groups in total. The maximum absolute atomic E-state index is 6.76. The molecule has 0 rings (SSSR count). The second-order valence-corrected chi connectivity index (χ2v) is 25.2. The van der Waals surface area contributed by atoms with Crippen LogP contribution < -0.4 is 0 Å². The van der Waals surface area contributed by atoms with Gasteiger partial charge in [-0.25, -0.2) is 0 Å². The zero-order chi connectivity index (χ0) is 22.9. The van der Waals surface area contributed by atoms with E-state index in [0.29, 0.717) is 0 Å². The van der Waals surface area contributed by atoms with Gasteiger partial charge >= 0.3 is 184 Å². The van der Waals surface area contributed by atoms with Gasteiger partial charge in [-0.3, -0.25) is 0 Å². The van der Waals surface area contributed by atoms with Gasteiger partial charge in [-0.05, 0) is 0 Å². The number of hydrogen-bond donors (Lipinski definition) is 0. The van der Waals surface area contributed by atoms with E-state index < -0.39 is 15.9 Å². The Labute approximate surface area is 209 Å². The van der Waals surface area contributed by atoms with Crippen molar-refractivity contribution in [1.82, 2.24) is 0 Å². The van der Waals surface area contributed by atoms with E-state index in [1.807, 2.05) is 0 Å². The second-order valence-electron chi connectivity index (χ2n) is 9.89. The molecule has 0 unspecified atom stereocenters. The van der Waals surface area contributed by atoms with Crippen molar-refractivity contribution >= 4 is 33.9 Å². The Kier molecular flexibility index (Phi) is 27.1. The molecular weight excluding hydrogens is 535 g/mol. The van der Waals surface area contributed by atoms with Gasteiger partial charge in [-0.15, -0.1) is 0 Å². The van der Waals surface area contributed by atoms with E-state index in [-0.39, 0.29) is 0 Å². The van der Waals surface area contributed by atoms with E-state index in [9.17, 15) is 0 Å². The summed E-state index contributed by atoms with van der Waals surface area (Å²) in [6, 6.07) is 0. The minimum Gasteiger partial charge on any atom is -0.0654 e. The smallest absolute Gasteiger partial charge is 0.0654 e. The van der Waals surface area contributed by atoms with Crippen molar-refractivity contribution in [3.05, 3.63) is 0 Å². The van der Waals surface area contributed by atoms with Crippen molar-refractivity contribution in [1.29, 1.82) is 0 Å². The fourth-order valence-corrected chi connectivity index (χ4v) is 11.5. The van der Waals surface area contributed by atoms with Crippen LogP contribution in [-0.2, 0) is 0 Å². The number of hydrogen-bond acceptors (Lipinski definition) is 0. The molecule has 0 nitrogen and oxygen atoms in total. The molecule has 0 spiro atoms. The summed E-state index contributed by atoms with van der Waals surface area (Å²) >= 11 is -2.50. The van der Waals surface area contributed by atoms with Crippen LogP contribution in [0.1, 0.15) is 168 Å². The van der Waals surface area contributed by atoms with E-state index in [1.54, 1.807) is 0 Å². The average Bonchev–Trinajstić information content (AvgIpc) is 2.75. The van der Waals surface area contributed by atoms with Crippen molar-refractivity contribution in [2.75, 3.05) is 0 Å². The van der Waals surface area contributed by atoms with Crippen LogP contribution in [0.15, 0.2) is 0 Å². The van der Waals surface area contributed by atoms with Crippen molar-refractivity contribution in [3.8, 4) is 0 Å². The van der Waals surface area contributed by atoms with Gasteiger partial charge in [0, 0.05) is 0 Å². The summed E-state index contributed by atoms with van der Waals surface area (Å²) in [6.07, 6.45) is 33.8. The predicted octanol–water partition coefficient (Wildman–Crippen LogP) is 12.3. The quantitative estimate of drug-likeness (QED) is 0.0692. The first-order valence-electron chi connectivity index (χ1n) is 14.3. The molecule has 0 aromatic heterocycles. The standard InChI is InChI=1S/C28H58Cl2Te/c1-3-5-7-9-11-13-15-17-19-21-23-25-27-31(29,30)28-26-24-22-20-18-16-14-12-10-8-6-4-2/h3-28H2,1-2H3. The topological polar surface area (TPSA) is 0 Å². The summed E-state index contributed by atoms with van der Waals surface area (Å²) in [6.45, 7) is 4.59. The van der Waals surface area contributed by atoms with Crippen LogP contribution >= 0.6 is 17.9 Å². The minimum absolute atomic E-state index is 1.17. The summed E-state index contributed by atoms with van der Waals surface area (Å²) in [5.41, 5.74) is 0. The zero-order valence-electron chi connectivity index (χ0n) is 21.5. The second kappa shape index (κ2) is 26.0. The Morgan fingerprint density at radius 2 is 0.516 bits per heavy atom. The number of rotatable bonds is 26. The van der Waals surface area contributed by atoms with Crippen LogP contribution in [0.5, 0.6) is 0 Å². The molecule has 31 heavy (non-hydrogen) atoms. The molecule has 0 atom stereocenters. The van der Waals surface area contributed by atoms with Crippen LogP contribution in [0.25, 0.3) is 0 Å². The molecule has 190 valence electrons. The van der Waals surface area contributed by atoms with Crippen LogP contribution in [0, 0.1) is 0 Å². The molecule has 0 aliphatic carbocycles. The van der Waals surface area contributed by atoms with Crippen molar-refractivity contribution < 1.29 is 0 Å². The van der Waals surface area contributed by atoms with Crippen molar-refractivity contribution in [3.63, 3.8) is 0 Å². The maximum atomic E-state index is 6.76. The fraction of sp³-hybridized carbons (Fsp3) is 1.00. The molecule has 0 radical (unpaired) electrons. The first kappa shape index (κ1) is 32.4. The summed E-state index contributed by atoms with van der Waals surface area (Å²) in [5.74, 6) is 0. The van der Waals surface area contributed by atoms with E-state index >= 15 is 0 Å². The van der Waals surface area contributed by atoms with Gasteiger partial charge in [0.05, 0.1) is 0 Å². The van der Waals surface area contributed by atoms with Gasteiger partial charge in [0.1, 0.15) is 0 Å². The minimum atomic E-state index is -2.50. The molecule has 0 amide bonds. The van der Waals surface area contributed by atoms with Crippen LogP contribution in [-0.4, -0.2) is 15.9 Å². The van der Waals surface area contributed by atoms with Crippen molar-refractivity contribution in [2.24, 2.45) is 0 Å². The molecule has 3 heteroatoms. The van der Waals surface area contributed by atoms with Gasteiger partial charge in [0.2, 0.25) is 0 Å². The molecule has 0 aliphatic heterocycles. The van der Waals surface area contributed by atoms with Crippen molar-refractivity contribution in [2.45, 2.75) is 177 Å². The Bertz CT molecular complexity index is 303. The SMILES string of the molecule is CCCCCCCCCCCCCC[Te](Cl)(Cl)CCCCCCCCCCCCCC. The first-order valence-corrected chi connectivity index (χ1v) is 23.5. The number of unbranched alkanes of at least 4 members (excludes halogenated alkanes) is 22. The average molecular weight is 593 g/mol. The Morgan fingerprint density at radius 1 is 0.323 bits per heavy atom. The Balaban J connectivity index is 3.29. The monoisotopic (exact) mass is 594 g/mol. The normalized spacial score (nSPS) is 12.5. The van der Waals surface area contributed by atoms with Gasteiger partial charge < -0.3 is 0 Å². The van der Waals surface area contributed by atoms with Gasteiger partial charge in [0.25, 0.3) is 0 Å². The van der Waals surface area contributed by atoms with Gasteiger partial charge in [-0.1, -0.05) is 26.7 Å². The zero-order valence-corrected chi connectivity index (χ0v) is 25.4. The summed E-state index contributed by atoms with van der Waals surface area (Å²) in [4.78, 5) is 0. The van der Waals surface area contributed by atoms with Crippen LogP contribution in [0.3, 0.4) is 0 Å². The molecule has 0 aliphatic rings. The predicted molar refractivity (Wildman–Crippen MR) is 149 cm³/mol. The summed E-state index contributed by atoms with van der Waals surface area (Å²) < 4.78 is 2.34. The molecule has 0 saturated heterocycles. The molecular formula is C28H58Cl2Te. The fourth-order valence-electron chi connectivity index (χ4n) is 4.41. The van der Waals surface area contributed by atoms with Gasteiger partial charge in [0.15, 0.2) is 0 Å². The van der Waals surface area contributed by atoms with Crippen LogP contribution in [0.4, 0.5) is 0 Å². The van der Waals surface area contributed by atoms with E-state index in [4.69, 9.17) is 17.9 Å². The van der Waals surface area contributed by atoms with Gasteiger partial charge in [-0.2, -0.15) is 0 Å². The molecule has 0 fully saturated rings. The van der Waals surface area contributed by atoms with Crippen LogP contribution in [0.2, 0.25) is 8.94 Å². The Morgan fingerprint density at radius 3 is 0.742 bits per heavy atom. The molecule has 0 bridgehead atoms. The third kappa shape index (κ3) is 27.5. The molecule has 0 saturated carbocycles. The summed E-state index contributed by atoms with van der Waals surface area (Å²) in [5, 5.41) is 0. The summed E-state index contributed by atoms with van der Waals surface area (Å²) in [7, 11) is 13.5. The number of halogens is 2. The first-order chi connectivity index (χ1) is 15.1. The third-order valence-corrected chi connectivity index (χ3v) is 15.8. The van der Waals surface area contributed by atoms with E-state index in [0.717, 1.165) is 0 Å². The van der Waals surface area contributed by atoms with E-state index in [2.05, 4.69) is 13.8 Å². The molecule has 0 heterocycles. The van der Waals surface area contributed by atoms with E-state index in [1.165, 1.54) is 163 Å². The third-order valence-electron chi connectivity index (χ3n) is 6.59. The molecule has 0 aromatic carbocycles.